The Morgan fingerprint density at radius 2 is 1.73 bits per heavy atom. The van der Waals surface area contributed by atoms with Gasteiger partial charge in [-0.1, -0.05) is 24.3 Å². The summed E-state index contributed by atoms with van der Waals surface area (Å²) in [4.78, 5) is 2.37. The topological polar surface area (TPSA) is 51.5 Å². The van der Waals surface area contributed by atoms with Crippen LogP contribution in [0.25, 0.3) is 10.9 Å². The van der Waals surface area contributed by atoms with Gasteiger partial charge >= 0.3 is 0 Å². The lowest BCUT2D eigenvalue weighted by molar-refractivity contribution is 0.284. The van der Waals surface area contributed by atoms with Gasteiger partial charge in [0.15, 0.2) is 0 Å². The molecule has 0 saturated heterocycles. The van der Waals surface area contributed by atoms with E-state index in [0.29, 0.717) is 17.9 Å². The molecule has 0 amide bonds. The fraction of sp³-hybridized carbons (Fsp3) is 0.263. The first-order chi connectivity index (χ1) is 12.0. The zero-order valence-corrected chi connectivity index (χ0v) is 16.5. The van der Waals surface area contributed by atoms with Crippen molar-refractivity contribution >= 4 is 33.3 Å². The lowest BCUT2D eigenvalue weighted by Crippen LogP contribution is -2.15. The number of rotatable bonds is 7. The van der Waals surface area contributed by atoms with E-state index in [1.807, 2.05) is 26.2 Å². The largest absolute Gasteiger partial charge is 0.493 e. The fourth-order valence-electron chi connectivity index (χ4n) is 2.72. The molecule has 5 nitrogen and oxygen atoms in total. The van der Waals surface area contributed by atoms with Crippen LogP contribution in [0.3, 0.4) is 0 Å². The highest BCUT2D eigenvalue weighted by molar-refractivity contribution is 7.90. The zero-order valence-electron chi connectivity index (χ0n) is 14.8. The van der Waals surface area contributed by atoms with Crippen LogP contribution in [0.1, 0.15) is 6.42 Å². The molecule has 0 aliphatic carbocycles. The highest BCUT2D eigenvalue weighted by Gasteiger charge is 2.19. The Hall–Kier alpha value is -2.02. The maximum absolute atomic E-state index is 12.9. The minimum absolute atomic E-state index is 0. The molecule has 0 atom stereocenters. The molecule has 140 valence electrons. The maximum atomic E-state index is 12.9. The Labute approximate surface area is 160 Å². The quantitative estimate of drug-likeness (QED) is 0.574. The molecule has 0 spiro atoms. The first-order valence-electron chi connectivity index (χ1n) is 8.18. The van der Waals surface area contributed by atoms with Gasteiger partial charge in [0.05, 0.1) is 17.0 Å². The van der Waals surface area contributed by atoms with Gasteiger partial charge in [-0.25, -0.2) is 12.4 Å². The van der Waals surface area contributed by atoms with Gasteiger partial charge in [0.25, 0.3) is 10.0 Å². The molecule has 3 aromatic rings. The average molecular weight is 395 g/mol. The highest BCUT2D eigenvalue weighted by atomic mass is 35.5. The van der Waals surface area contributed by atoms with E-state index in [0.717, 1.165) is 18.4 Å². The molecule has 3 rings (SSSR count). The molecule has 1 aromatic heterocycles. The van der Waals surface area contributed by atoms with Gasteiger partial charge in [0.1, 0.15) is 5.75 Å². The SMILES string of the molecule is CN(C)CCCOc1cccc2c1ccn2S(=O)(=O)c1ccccc1.Cl. The van der Waals surface area contributed by atoms with Crippen molar-refractivity contribution in [3.8, 4) is 5.75 Å². The fourth-order valence-corrected chi connectivity index (χ4v) is 4.09. The number of nitrogens with zero attached hydrogens (tertiary/aromatic N) is 2. The van der Waals surface area contributed by atoms with E-state index in [-0.39, 0.29) is 17.3 Å². The molecule has 0 aliphatic rings. The Morgan fingerprint density at radius 3 is 2.42 bits per heavy atom. The summed E-state index contributed by atoms with van der Waals surface area (Å²) in [6.45, 7) is 1.54. The third-order valence-corrected chi connectivity index (χ3v) is 5.67. The molecule has 0 bridgehead atoms. The van der Waals surface area contributed by atoms with E-state index < -0.39 is 10.0 Å². The number of hydrogen-bond acceptors (Lipinski definition) is 4. The maximum Gasteiger partial charge on any atom is 0.268 e. The minimum Gasteiger partial charge on any atom is -0.493 e. The lowest BCUT2D eigenvalue weighted by atomic mass is 10.2. The van der Waals surface area contributed by atoms with E-state index in [2.05, 4.69) is 4.90 Å². The number of hydrogen-bond donors (Lipinski definition) is 0. The summed E-state index contributed by atoms with van der Waals surface area (Å²) in [5.41, 5.74) is 0.619. The number of benzene rings is 2. The molecule has 2 aromatic carbocycles. The monoisotopic (exact) mass is 394 g/mol. The molecular formula is C19H23ClN2O3S. The molecule has 0 saturated carbocycles. The number of halogens is 1. The van der Waals surface area contributed by atoms with Crippen molar-refractivity contribution in [1.29, 1.82) is 0 Å². The number of ether oxygens (including phenoxy) is 1. The normalized spacial score (nSPS) is 11.5. The molecule has 0 aliphatic heterocycles. The minimum atomic E-state index is -3.62. The molecule has 0 radical (unpaired) electrons. The zero-order chi connectivity index (χ0) is 17.9. The van der Waals surface area contributed by atoms with Gasteiger partial charge in [-0.3, -0.25) is 0 Å². The van der Waals surface area contributed by atoms with Gasteiger partial charge in [-0.05, 0) is 50.8 Å². The molecule has 0 N–H and O–H groups in total. The molecular weight excluding hydrogens is 372 g/mol. The number of aromatic nitrogens is 1. The molecule has 0 unspecified atom stereocenters. The Morgan fingerprint density at radius 1 is 1.00 bits per heavy atom. The summed E-state index contributed by atoms with van der Waals surface area (Å²) in [6.07, 6.45) is 2.49. The van der Waals surface area contributed by atoms with Crippen molar-refractivity contribution in [3.63, 3.8) is 0 Å². The third kappa shape index (κ3) is 4.20. The molecule has 1 heterocycles. The Kier molecular flexibility index (Phi) is 6.69. The average Bonchev–Trinajstić information content (AvgIpc) is 3.05. The van der Waals surface area contributed by atoms with E-state index in [1.165, 1.54) is 3.97 Å². The Balaban J connectivity index is 0.00000243. The standard InChI is InChI=1S/C19H22N2O3S.ClH/c1-20(2)13-7-15-24-19-11-6-10-18-17(19)12-14-21(18)25(22,23)16-8-4-3-5-9-16;/h3-6,8-12,14H,7,13,15H2,1-2H3;1H. The summed E-state index contributed by atoms with van der Waals surface area (Å²) in [6, 6.07) is 15.7. The second kappa shape index (κ2) is 8.58. The van der Waals surface area contributed by atoms with Crippen molar-refractivity contribution in [3.05, 3.63) is 60.8 Å². The predicted molar refractivity (Wildman–Crippen MR) is 107 cm³/mol. The van der Waals surface area contributed by atoms with Crippen molar-refractivity contribution in [1.82, 2.24) is 8.87 Å². The summed E-state index contributed by atoms with van der Waals surface area (Å²) in [7, 11) is 0.425. The van der Waals surface area contributed by atoms with Gasteiger partial charge in [0, 0.05) is 18.1 Å². The van der Waals surface area contributed by atoms with Gasteiger partial charge in [0.2, 0.25) is 0 Å². The highest BCUT2D eigenvalue weighted by Crippen LogP contribution is 2.29. The van der Waals surface area contributed by atoms with E-state index in [1.54, 1.807) is 48.7 Å². The molecule has 0 fully saturated rings. The van der Waals surface area contributed by atoms with Gasteiger partial charge in [-0.15, -0.1) is 12.4 Å². The van der Waals surface area contributed by atoms with Crippen LogP contribution in [-0.2, 0) is 10.0 Å². The Bertz CT molecular complexity index is 953. The summed E-state index contributed by atoms with van der Waals surface area (Å²) >= 11 is 0. The van der Waals surface area contributed by atoms with Crippen molar-refractivity contribution in [2.45, 2.75) is 11.3 Å². The summed E-state index contributed by atoms with van der Waals surface area (Å²) in [5, 5.41) is 0.798. The lowest BCUT2D eigenvalue weighted by Gasteiger charge is -2.11. The van der Waals surface area contributed by atoms with Crippen molar-refractivity contribution in [2.75, 3.05) is 27.2 Å². The van der Waals surface area contributed by atoms with Crippen LogP contribution in [0, 0.1) is 0 Å². The third-order valence-electron chi connectivity index (χ3n) is 3.96. The molecule has 26 heavy (non-hydrogen) atoms. The van der Waals surface area contributed by atoms with E-state index in [4.69, 9.17) is 4.74 Å². The van der Waals surface area contributed by atoms with Crippen LogP contribution in [0.5, 0.6) is 5.75 Å². The van der Waals surface area contributed by atoms with Crippen LogP contribution < -0.4 is 4.74 Å². The second-order valence-corrected chi connectivity index (χ2v) is 7.94. The smallest absolute Gasteiger partial charge is 0.268 e. The van der Waals surface area contributed by atoms with Crippen LogP contribution in [0.2, 0.25) is 0 Å². The second-order valence-electron chi connectivity index (χ2n) is 6.12. The predicted octanol–water partition coefficient (Wildman–Crippen LogP) is 3.63. The summed E-state index contributed by atoms with van der Waals surface area (Å²) < 4.78 is 32.9. The van der Waals surface area contributed by atoms with Gasteiger partial charge in [-0.2, -0.15) is 0 Å². The van der Waals surface area contributed by atoms with Crippen molar-refractivity contribution < 1.29 is 13.2 Å². The van der Waals surface area contributed by atoms with Crippen LogP contribution in [0.4, 0.5) is 0 Å². The number of fused-ring (bicyclic) bond motifs is 1. The van der Waals surface area contributed by atoms with Crippen molar-refractivity contribution in [2.24, 2.45) is 0 Å². The first kappa shape index (κ1) is 20.3. The van der Waals surface area contributed by atoms with E-state index in [9.17, 15) is 8.42 Å². The summed E-state index contributed by atoms with van der Waals surface area (Å²) in [5.74, 6) is 0.707. The first-order valence-corrected chi connectivity index (χ1v) is 9.62. The molecule has 7 heteroatoms. The van der Waals surface area contributed by atoms with Crippen LogP contribution in [0.15, 0.2) is 65.7 Å². The van der Waals surface area contributed by atoms with Crippen LogP contribution in [-0.4, -0.2) is 44.5 Å². The van der Waals surface area contributed by atoms with Crippen LogP contribution >= 0.6 is 12.4 Å². The van der Waals surface area contributed by atoms with E-state index >= 15 is 0 Å². The van der Waals surface area contributed by atoms with Gasteiger partial charge < -0.3 is 9.64 Å².